The Hall–Kier alpha value is -2.32. The molecule has 2 heterocycles. The zero-order valence-corrected chi connectivity index (χ0v) is 22.4. The highest BCUT2D eigenvalue weighted by molar-refractivity contribution is 7.74. The Morgan fingerprint density at radius 1 is 0.417 bits per heavy atom. The fourth-order valence-corrected chi connectivity index (χ4v) is 10.9. The maximum Gasteiger partial charge on any atom is 0.411 e. The summed E-state index contributed by atoms with van der Waals surface area (Å²) in [7, 11) is -0.986. The Kier molecular flexibility index (Phi) is 7.60. The maximum absolute atomic E-state index is 2.85. The molecule has 4 aromatic rings. The Morgan fingerprint density at radius 2 is 0.722 bits per heavy atom. The number of benzene rings is 4. The first-order chi connectivity index (χ1) is 17.9. The second-order valence-electron chi connectivity index (χ2n) is 9.38. The second kappa shape index (κ2) is 11.4. The minimum absolute atomic E-state index is 0.297. The third kappa shape index (κ3) is 4.94. The van der Waals surface area contributed by atoms with Gasteiger partial charge in [-0.05, 0) is 60.2 Å². The molecule has 2 fully saturated rings. The van der Waals surface area contributed by atoms with Crippen molar-refractivity contribution >= 4 is 44.5 Å². The van der Waals surface area contributed by atoms with Gasteiger partial charge in [0.15, 0.2) is 0 Å². The van der Waals surface area contributed by atoms with E-state index >= 15 is 0 Å². The summed E-state index contributed by atoms with van der Waals surface area (Å²) < 4.78 is 5.70. The lowest BCUT2D eigenvalue weighted by molar-refractivity contribution is 0.277. The molecule has 0 amide bonds. The molecule has 0 unspecified atom stereocenters. The summed E-state index contributed by atoms with van der Waals surface area (Å²) in [6.07, 6.45) is 2.44. The zero-order chi connectivity index (χ0) is 24.2. The normalized spacial score (nSPS) is 17.4. The first kappa shape index (κ1) is 24.0. The molecule has 3 nitrogen and oxygen atoms in total. The van der Waals surface area contributed by atoms with Crippen LogP contribution in [0.2, 0.25) is 0 Å². The fraction of sp³-hybridized carbons (Fsp3) is 0.200. The van der Waals surface area contributed by atoms with Gasteiger partial charge in [0, 0.05) is 16.1 Å². The molecule has 0 aliphatic carbocycles. The average Bonchev–Trinajstić information content (AvgIpc) is 2.96. The molecule has 2 aliphatic rings. The van der Waals surface area contributed by atoms with Crippen LogP contribution in [-0.2, 0) is 0 Å². The molecule has 180 valence electrons. The van der Waals surface area contributed by atoms with Crippen LogP contribution in [-0.4, -0.2) is 47.3 Å². The summed E-state index contributed by atoms with van der Waals surface area (Å²) in [6, 6.07) is 44.9. The lowest BCUT2D eigenvalue weighted by Gasteiger charge is -2.53. The van der Waals surface area contributed by atoms with Crippen molar-refractivity contribution in [1.82, 2.24) is 14.0 Å². The van der Waals surface area contributed by atoms with Gasteiger partial charge in [0.1, 0.15) is 0 Å². The summed E-state index contributed by atoms with van der Waals surface area (Å²) in [5.74, 6) is 0. The van der Waals surface area contributed by atoms with E-state index in [9.17, 15) is 0 Å². The summed E-state index contributed by atoms with van der Waals surface area (Å²) in [6.45, 7) is 4.61. The number of nitrogens with zero attached hydrogens (tertiary/aromatic N) is 3. The van der Waals surface area contributed by atoms with Crippen molar-refractivity contribution in [2.75, 3.05) is 26.2 Å². The lowest BCUT2D eigenvalue weighted by atomic mass is 9.83. The van der Waals surface area contributed by atoms with Gasteiger partial charge in [-0.1, -0.05) is 121 Å². The Labute approximate surface area is 218 Å². The molecule has 0 radical (unpaired) electrons. The molecule has 2 saturated heterocycles. The van der Waals surface area contributed by atoms with E-state index in [2.05, 4.69) is 135 Å². The van der Waals surface area contributed by atoms with E-state index in [0.717, 1.165) is 13.1 Å². The third-order valence-electron chi connectivity index (χ3n) is 7.04. The molecule has 0 aromatic heterocycles. The molecular weight excluding hydrogens is 475 g/mol. The predicted molar refractivity (Wildman–Crippen MR) is 158 cm³/mol. The van der Waals surface area contributed by atoms with Crippen LogP contribution < -0.4 is 21.2 Å². The molecule has 4 aromatic carbocycles. The van der Waals surface area contributed by atoms with Crippen LogP contribution in [0.25, 0.3) is 0 Å². The molecule has 36 heavy (non-hydrogen) atoms. The Morgan fingerprint density at radius 3 is 1.03 bits per heavy atom. The molecule has 0 N–H and O–H groups in total. The van der Waals surface area contributed by atoms with Crippen molar-refractivity contribution in [3.05, 3.63) is 121 Å². The van der Waals surface area contributed by atoms with Crippen molar-refractivity contribution in [1.29, 1.82) is 0 Å². The Bertz CT molecular complexity index is 1050. The SMILES string of the molecule is c1ccc(P(c2ccccc2)N2CCCN3CCCN(P(c4ccccc4)c4ccccc4)B32)cc1. The van der Waals surface area contributed by atoms with Crippen molar-refractivity contribution in [2.45, 2.75) is 12.8 Å². The summed E-state index contributed by atoms with van der Waals surface area (Å²) in [5, 5.41) is 5.76. The van der Waals surface area contributed by atoms with Crippen LogP contribution in [0.4, 0.5) is 0 Å². The Balaban J connectivity index is 1.47. The first-order valence-electron chi connectivity index (χ1n) is 13.0. The van der Waals surface area contributed by atoms with Gasteiger partial charge in [-0.25, -0.2) is 0 Å². The van der Waals surface area contributed by atoms with Gasteiger partial charge in [-0.2, -0.15) is 0 Å². The largest absolute Gasteiger partial charge is 0.411 e. The van der Waals surface area contributed by atoms with E-state index in [1.54, 1.807) is 0 Å². The molecular formula is C30H32BN3P2. The maximum atomic E-state index is 2.85. The summed E-state index contributed by atoms with van der Waals surface area (Å²) in [5.41, 5.74) is 0. The molecule has 0 bridgehead atoms. The van der Waals surface area contributed by atoms with Crippen LogP contribution in [0.15, 0.2) is 121 Å². The van der Waals surface area contributed by atoms with Crippen molar-refractivity contribution in [2.24, 2.45) is 0 Å². The van der Waals surface area contributed by atoms with Gasteiger partial charge in [0.05, 0.1) is 0 Å². The van der Waals surface area contributed by atoms with Crippen LogP contribution in [0.5, 0.6) is 0 Å². The van der Waals surface area contributed by atoms with E-state index in [-0.39, 0.29) is 0 Å². The van der Waals surface area contributed by atoms with Gasteiger partial charge in [-0.15, -0.1) is 0 Å². The van der Waals surface area contributed by atoms with Gasteiger partial charge >= 0.3 is 7.12 Å². The van der Waals surface area contributed by atoms with Crippen LogP contribution in [0.1, 0.15) is 12.8 Å². The number of rotatable bonds is 6. The zero-order valence-electron chi connectivity index (χ0n) is 20.6. The summed E-state index contributed by atoms with van der Waals surface area (Å²) in [4.78, 5) is 2.76. The smallest absolute Gasteiger partial charge is 0.313 e. The highest BCUT2D eigenvalue weighted by Gasteiger charge is 2.48. The van der Waals surface area contributed by atoms with Gasteiger partial charge in [0.25, 0.3) is 0 Å². The van der Waals surface area contributed by atoms with E-state index < -0.39 is 16.1 Å². The van der Waals surface area contributed by atoms with Gasteiger partial charge in [0.2, 0.25) is 0 Å². The monoisotopic (exact) mass is 507 g/mol. The van der Waals surface area contributed by atoms with E-state index in [0.29, 0.717) is 7.12 Å². The summed E-state index contributed by atoms with van der Waals surface area (Å²) >= 11 is 0. The van der Waals surface area contributed by atoms with E-state index in [1.165, 1.54) is 47.1 Å². The predicted octanol–water partition coefficient (Wildman–Crippen LogP) is 4.78. The van der Waals surface area contributed by atoms with Crippen molar-refractivity contribution in [3.63, 3.8) is 0 Å². The average molecular weight is 507 g/mol. The standard InChI is InChI=1S/C30H32BN3P2/c1-5-15-27(16-6-1)35(28-17-7-2-8-18-28)33-25-13-23-32-24-14-26-34(31(32)33)36(29-19-9-3-10-20-29)30-21-11-4-12-22-30/h1-12,15-22H,13-14,23-26H2. The molecule has 2 aliphatic heterocycles. The van der Waals surface area contributed by atoms with Crippen LogP contribution in [0, 0.1) is 0 Å². The van der Waals surface area contributed by atoms with Crippen LogP contribution in [0.3, 0.4) is 0 Å². The molecule has 6 heteroatoms. The number of hydrogen-bond acceptors (Lipinski definition) is 3. The van der Waals surface area contributed by atoms with Gasteiger partial charge in [-0.3, -0.25) is 9.16 Å². The molecule has 0 atom stereocenters. The minimum Gasteiger partial charge on any atom is -0.313 e. The van der Waals surface area contributed by atoms with Crippen molar-refractivity contribution < 1.29 is 0 Å². The first-order valence-corrected chi connectivity index (χ1v) is 15.6. The lowest BCUT2D eigenvalue weighted by Crippen LogP contribution is -2.67. The number of fused-ring (bicyclic) bond motifs is 1. The highest BCUT2D eigenvalue weighted by atomic mass is 31.1. The van der Waals surface area contributed by atoms with Gasteiger partial charge < -0.3 is 4.81 Å². The van der Waals surface area contributed by atoms with Crippen LogP contribution >= 0.6 is 16.1 Å². The minimum atomic E-state index is -0.641. The fourth-order valence-electron chi connectivity index (χ4n) is 5.55. The van der Waals surface area contributed by atoms with Crippen molar-refractivity contribution in [3.8, 4) is 0 Å². The molecule has 6 rings (SSSR count). The molecule has 0 saturated carbocycles. The second-order valence-corrected chi connectivity index (χ2v) is 13.7. The quantitative estimate of drug-likeness (QED) is 0.275. The number of hydrogen-bond donors (Lipinski definition) is 0. The highest BCUT2D eigenvalue weighted by Crippen LogP contribution is 2.48. The third-order valence-corrected chi connectivity index (χ3v) is 12.0. The van der Waals surface area contributed by atoms with E-state index in [4.69, 9.17) is 0 Å². The topological polar surface area (TPSA) is 9.72 Å². The molecule has 0 spiro atoms. The van der Waals surface area contributed by atoms with E-state index in [1.807, 2.05) is 0 Å².